The van der Waals surface area contributed by atoms with Crippen LogP contribution in [0.15, 0.2) is 30.7 Å². The number of nitrogens with zero attached hydrogens (tertiary/aromatic N) is 2. The second-order valence-electron chi connectivity index (χ2n) is 3.94. The molecule has 1 aliphatic heterocycles. The van der Waals surface area contributed by atoms with E-state index in [1.54, 1.807) is 12.5 Å². The van der Waals surface area contributed by atoms with Crippen molar-refractivity contribution in [3.63, 3.8) is 0 Å². The molecule has 2 aromatic rings. The summed E-state index contributed by atoms with van der Waals surface area (Å²) in [6.07, 6.45) is 3.02. The van der Waals surface area contributed by atoms with Crippen molar-refractivity contribution in [1.82, 2.24) is 9.55 Å². The Kier molecular flexibility index (Phi) is 2.40. The lowest BCUT2D eigenvalue weighted by Crippen LogP contribution is -2.21. The molecule has 1 aliphatic rings. The van der Waals surface area contributed by atoms with Crippen LogP contribution in [0.5, 0.6) is 0 Å². The van der Waals surface area contributed by atoms with E-state index in [1.807, 2.05) is 4.57 Å². The molecule has 0 spiro atoms. The average Bonchev–Trinajstić information content (AvgIpc) is 2.80. The first-order valence-electron chi connectivity index (χ1n) is 5.32. The normalized spacial score (nSPS) is 19.1. The van der Waals surface area contributed by atoms with Gasteiger partial charge in [0.2, 0.25) is 0 Å². The molecular weight excluding hydrogens is 226 g/mol. The van der Waals surface area contributed by atoms with Crippen LogP contribution >= 0.6 is 0 Å². The predicted octanol–water partition coefficient (Wildman–Crippen LogP) is 2.28. The van der Waals surface area contributed by atoms with Crippen LogP contribution in [-0.2, 0) is 11.3 Å². The minimum atomic E-state index is -0.859. The van der Waals surface area contributed by atoms with Crippen LogP contribution in [0.2, 0.25) is 0 Å². The predicted molar refractivity (Wildman–Crippen MR) is 56.4 cm³/mol. The van der Waals surface area contributed by atoms with Crippen LogP contribution in [0.1, 0.15) is 17.4 Å². The van der Waals surface area contributed by atoms with Crippen molar-refractivity contribution < 1.29 is 13.5 Å². The Hall–Kier alpha value is -1.75. The number of aromatic nitrogens is 2. The van der Waals surface area contributed by atoms with E-state index < -0.39 is 11.6 Å². The first kappa shape index (κ1) is 10.4. The van der Waals surface area contributed by atoms with Crippen LogP contribution in [0.4, 0.5) is 8.78 Å². The number of hydrogen-bond acceptors (Lipinski definition) is 2. The van der Waals surface area contributed by atoms with Crippen molar-refractivity contribution in [1.29, 1.82) is 0 Å². The Balaban J connectivity index is 2.03. The highest BCUT2D eigenvalue weighted by molar-refractivity contribution is 5.27. The van der Waals surface area contributed by atoms with E-state index >= 15 is 0 Å². The smallest absolute Gasteiger partial charge is 0.159 e. The molecule has 0 aliphatic carbocycles. The van der Waals surface area contributed by atoms with Gasteiger partial charge in [-0.3, -0.25) is 0 Å². The Bertz CT molecular complexity index is 553. The van der Waals surface area contributed by atoms with Crippen molar-refractivity contribution >= 4 is 0 Å². The number of fused-ring (bicyclic) bond motifs is 1. The third kappa shape index (κ3) is 1.72. The minimum Gasteiger partial charge on any atom is -0.365 e. The maximum absolute atomic E-state index is 13.2. The fourth-order valence-corrected chi connectivity index (χ4v) is 2.03. The molecular formula is C12H10F2N2O. The molecule has 2 heterocycles. The van der Waals surface area contributed by atoms with E-state index in [4.69, 9.17) is 4.74 Å². The van der Waals surface area contributed by atoms with Crippen molar-refractivity contribution in [2.24, 2.45) is 0 Å². The maximum atomic E-state index is 13.2. The van der Waals surface area contributed by atoms with Crippen LogP contribution in [-0.4, -0.2) is 16.2 Å². The first-order valence-corrected chi connectivity index (χ1v) is 5.32. The summed E-state index contributed by atoms with van der Waals surface area (Å²) >= 11 is 0. The van der Waals surface area contributed by atoms with Crippen molar-refractivity contribution in [2.75, 3.05) is 6.61 Å². The fraction of sp³-hybridized carbons (Fsp3) is 0.250. The van der Waals surface area contributed by atoms with Crippen LogP contribution in [0, 0.1) is 11.6 Å². The number of imidazole rings is 1. The van der Waals surface area contributed by atoms with Gasteiger partial charge in [0.05, 0.1) is 24.8 Å². The molecule has 17 heavy (non-hydrogen) atoms. The SMILES string of the molecule is Fc1ccc(C2OCCn3cncc32)cc1F. The number of ether oxygens (including phenoxy) is 1. The molecule has 0 radical (unpaired) electrons. The summed E-state index contributed by atoms with van der Waals surface area (Å²) in [5.41, 5.74) is 1.47. The topological polar surface area (TPSA) is 27.1 Å². The van der Waals surface area contributed by atoms with Crippen molar-refractivity contribution in [2.45, 2.75) is 12.6 Å². The number of rotatable bonds is 1. The minimum absolute atomic E-state index is 0.374. The van der Waals surface area contributed by atoms with Crippen LogP contribution < -0.4 is 0 Å². The zero-order chi connectivity index (χ0) is 11.8. The summed E-state index contributed by atoms with van der Waals surface area (Å²) in [5, 5.41) is 0. The van der Waals surface area contributed by atoms with Gasteiger partial charge in [-0.2, -0.15) is 0 Å². The first-order chi connectivity index (χ1) is 8.25. The molecule has 1 unspecified atom stereocenters. The van der Waals surface area contributed by atoms with Crippen molar-refractivity contribution in [3.8, 4) is 0 Å². The van der Waals surface area contributed by atoms with E-state index in [9.17, 15) is 8.78 Å². The molecule has 88 valence electrons. The summed E-state index contributed by atoms with van der Waals surface area (Å²) in [7, 11) is 0. The summed E-state index contributed by atoms with van der Waals surface area (Å²) in [6.45, 7) is 1.27. The van der Waals surface area contributed by atoms with E-state index in [0.29, 0.717) is 12.2 Å². The standard InChI is InChI=1S/C12H10F2N2O/c13-9-2-1-8(5-10(9)14)12-11-6-15-7-16(11)3-4-17-12/h1-2,5-7,12H,3-4H2. The number of benzene rings is 1. The molecule has 0 saturated heterocycles. The average molecular weight is 236 g/mol. The lowest BCUT2D eigenvalue weighted by molar-refractivity contribution is 0.0462. The summed E-state index contributed by atoms with van der Waals surface area (Å²) in [4.78, 5) is 4.03. The monoisotopic (exact) mass is 236 g/mol. The summed E-state index contributed by atoms with van der Waals surface area (Å²) in [6, 6.07) is 3.82. The summed E-state index contributed by atoms with van der Waals surface area (Å²) < 4.78 is 33.6. The summed E-state index contributed by atoms with van der Waals surface area (Å²) in [5.74, 6) is -1.71. The molecule has 3 rings (SSSR count). The van der Waals surface area contributed by atoms with Gasteiger partial charge in [-0.05, 0) is 17.7 Å². The van der Waals surface area contributed by atoms with E-state index in [1.165, 1.54) is 12.1 Å². The second kappa shape index (κ2) is 3.92. The molecule has 3 nitrogen and oxygen atoms in total. The zero-order valence-corrected chi connectivity index (χ0v) is 8.94. The second-order valence-corrected chi connectivity index (χ2v) is 3.94. The largest absolute Gasteiger partial charge is 0.365 e. The molecule has 1 atom stereocenters. The van der Waals surface area contributed by atoms with Gasteiger partial charge >= 0.3 is 0 Å². The third-order valence-corrected chi connectivity index (χ3v) is 2.88. The highest BCUT2D eigenvalue weighted by atomic mass is 19.2. The van der Waals surface area contributed by atoms with Gasteiger partial charge in [-0.15, -0.1) is 0 Å². The van der Waals surface area contributed by atoms with Gasteiger partial charge in [0.25, 0.3) is 0 Å². The van der Waals surface area contributed by atoms with E-state index in [2.05, 4.69) is 4.98 Å². The molecule has 0 fully saturated rings. The van der Waals surface area contributed by atoms with Crippen LogP contribution in [0.25, 0.3) is 0 Å². The van der Waals surface area contributed by atoms with Crippen LogP contribution in [0.3, 0.4) is 0 Å². The lowest BCUT2D eigenvalue weighted by Gasteiger charge is -2.25. The van der Waals surface area contributed by atoms with Gasteiger partial charge in [0.15, 0.2) is 11.6 Å². The third-order valence-electron chi connectivity index (χ3n) is 2.88. The Morgan fingerprint density at radius 1 is 1.29 bits per heavy atom. The molecule has 5 heteroatoms. The molecule has 0 saturated carbocycles. The Morgan fingerprint density at radius 3 is 3.00 bits per heavy atom. The van der Waals surface area contributed by atoms with Gasteiger partial charge < -0.3 is 9.30 Å². The van der Waals surface area contributed by atoms with Gasteiger partial charge in [-0.25, -0.2) is 13.8 Å². The van der Waals surface area contributed by atoms with Gasteiger partial charge in [-0.1, -0.05) is 6.07 Å². The molecule has 0 amide bonds. The zero-order valence-electron chi connectivity index (χ0n) is 8.94. The van der Waals surface area contributed by atoms with Gasteiger partial charge in [0, 0.05) is 6.54 Å². The molecule has 0 bridgehead atoms. The number of halogens is 2. The highest BCUT2D eigenvalue weighted by Crippen LogP contribution is 2.29. The highest BCUT2D eigenvalue weighted by Gasteiger charge is 2.23. The van der Waals surface area contributed by atoms with E-state index in [-0.39, 0.29) is 6.10 Å². The molecule has 1 aromatic carbocycles. The Morgan fingerprint density at radius 2 is 2.18 bits per heavy atom. The molecule has 1 aromatic heterocycles. The van der Waals surface area contributed by atoms with Crippen molar-refractivity contribution in [3.05, 3.63) is 53.6 Å². The fourth-order valence-electron chi connectivity index (χ4n) is 2.03. The molecule has 0 N–H and O–H groups in total. The quantitative estimate of drug-likeness (QED) is 0.759. The van der Waals surface area contributed by atoms with Gasteiger partial charge in [0.1, 0.15) is 6.10 Å². The van der Waals surface area contributed by atoms with E-state index in [0.717, 1.165) is 18.3 Å². The lowest BCUT2D eigenvalue weighted by atomic mass is 10.1. The number of hydrogen-bond donors (Lipinski definition) is 0. The Labute approximate surface area is 96.7 Å². The maximum Gasteiger partial charge on any atom is 0.159 e.